The van der Waals surface area contributed by atoms with Gasteiger partial charge in [0.15, 0.2) is 5.82 Å². The molecule has 0 bridgehead atoms. The summed E-state index contributed by atoms with van der Waals surface area (Å²) in [6, 6.07) is 10.8. The van der Waals surface area contributed by atoms with Gasteiger partial charge in [0.05, 0.1) is 23.1 Å². The van der Waals surface area contributed by atoms with Crippen molar-refractivity contribution in [2.45, 2.75) is 6.92 Å². The number of benzene rings is 1. The summed E-state index contributed by atoms with van der Waals surface area (Å²) >= 11 is 0. The molecule has 8 nitrogen and oxygen atoms in total. The Bertz CT molecular complexity index is 1610. The minimum atomic E-state index is -0.326. The zero-order chi connectivity index (χ0) is 26.6. The van der Waals surface area contributed by atoms with Gasteiger partial charge in [-0.1, -0.05) is 18.7 Å². The number of nitrogens with zero attached hydrogens (tertiary/aromatic N) is 5. The quantitative estimate of drug-likeness (QED) is 0.229. The van der Waals surface area contributed by atoms with E-state index in [2.05, 4.69) is 41.9 Å². The fourth-order valence-corrected chi connectivity index (χ4v) is 4.31. The molecule has 5 rings (SSSR count). The number of anilines is 1. The number of hydrogen-bond donors (Lipinski definition) is 3. The van der Waals surface area contributed by atoms with Crippen LogP contribution in [0.1, 0.15) is 17.0 Å². The monoisotopic (exact) mass is 508 g/mol. The third-order valence-corrected chi connectivity index (χ3v) is 6.17. The Balaban J connectivity index is 1.53. The first-order chi connectivity index (χ1) is 18.4. The largest absolute Gasteiger partial charge is 0.384 e. The van der Waals surface area contributed by atoms with Crippen LogP contribution >= 0.6 is 0 Å². The van der Waals surface area contributed by atoms with E-state index >= 15 is 0 Å². The van der Waals surface area contributed by atoms with Gasteiger partial charge >= 0.3 is 0 Å². The molecule has 0 atom stereocenters. The Morgan fingerprint density at radius 1 is 1.16 bits per heavy atom. The summed E-state index contributed by atoms with van der Waals surface area (Å²) in [5.74, 6) is 0.277. The van der Waals surface area contributed by atoms with Crippen molar-refractivity contribution >= 4 is 22.2 Å². The first-order valence-corrected chi connectivity index (χ1v) is 12.3. The number of nitrogens with one attached hydrogen (secondary N) is 3. The molecule has 192 valence electrons. The number of rotatable bonds is 9. The predicted octanol–water partition coefficient (Wildman–Crippen LogP) is 5.45. The summed E-state index contributed by atoms with van der Waals surface area (Å²) in [5.41, 5.74) is 6.95. The molecular formula is C29H29FN8. The molecule has 4 heterocycles. The average molecular weight is 509 g/mol. The van der Waals surface area contributed by atoms with Crippen molar-refractivity contribution in [1.29, 1.82) is 0 Å². The van der Waals surface area contributed by atoms with Gasteiger partial charge in [-0.05, 0) is 63.0 Å². The van der Waals surface area contributed by atoms with Crippen LogP contribution in [0.3, 0.4) is 0 Å². The molecule has 1 aromatic carbocycles. The Kier molecular flexibility index (Phi) is 7.10. The van der Waals surface area contributed by atoms with Gasteiger partial charge in [0, 0.05) is 53.4 Å². The van der Waals surface area contributed by atoms with E-state index < -0.39 is 0 Å². The molecule has 0 spiro atoms. The smallest absolute Gasteiger partial charge is 0.159 e. The number of allylic oxidation sites excluding steroid dienone is 2. The van der Waals surface area contributed by atoms with Gasteiger partial charge in [-0.3, -0.25) is 15.1 Å². The first kappa shape index (κ1) is 25.0. The lowest BCUT2D eigenvalue weighted by molar-refractivity contribution is 0.425. The average Bonchev–Trinajstić information content (AvgIpc) is 3.50. The fraction of sp³-hybridized carbons (Fsp3) is 0.172. The van der Waals surface area contributed by atoms with E-state index in [1.165, 1.54) is 12.1 Å². The highest BCUT2D eigenvalue weighted by molar-refractivity contribution is 5.93. The van der Waals surface area contributed by atoms with Gasteiger partial charge in [0.25, 0.3) is 0 Å². The van der Waals surface area contributed by atoms with Crippen LogP contribution in [0.5, 0.6) is 0 Å². The summed E-state index contributed by atoms with van der Waals surface area (Å²) in [7, 11) is 4.00. The molecular weight excluding hydrogens is 479 g/mol. The van der Waals surface area contributed by atoms with E-state index in [0.29, 0.717) is 35.0 Å². The van der Waals surface area contributed by atoms with Crippen LogP contribution in [0.4, 0.5) is 10.1 Å². The summed E-state index contributed by atoms with van der Waals surface area (Å²) in [6.45, 7) is 7.35. The molecule has 0 unspecified atom stereocenters. The van der Waals surface area contributed by atoms with Crippen LogP contribution in [0, 0.1) is 12.7 Å². The van der Waals surface area contributed by atoms with Crippen molar-refractivity contribution in [2.24, 2.45) is 0 Å². The topological polar surface area (TPSA) is 98.4 Å². The maximum absolute atomic E-state index is 14.7. The van der Waals surface area contributed by atoms with Crippen molar-refractivity contribution in [3.63, 3.8) is 0 Å². The number of halogens is 1. The molecule has 38 heavy (non-hydrogen) atoms. The Morgan fingerprint density at radius 3 is 2.74 bits per heavy atom. The molecule has 0 saturated heterocycles. The zero-order valence-electron chi connectivity index (χ0n) is 21.6. The number of aromatic nitrogens is 6. The maximum Gasteiger partial charge on any atom is 0.159 e. The van der Waals surface area contributed by atoms with E-state index in [9.17, 15) is 4.39 Å². The van der Waals surface area contributed by atoms with E-state index in [1.54, 1.807) is 24.7 Å². The van der Waals surface area contributed by atoms with E-state index in [1.807, 2.05) is 51.4 Å². The van der Waals surface area contributed by atoms with Crippen LogP contribution in [-0.4, -0.2) is 62.2 Å². The van der Waals surface area contributed by atoms with Crippen molar-refractivity contribution in [2.75, 3.05) is 32.5 Å². The molecule has 0 radical (unpaired) electrons. The lowest BCUT2D eigenvalue weighted by atomic mass is 10.00. The number of aryl methyl sites for hydroxylation is 1. The van der Waals surface area contributed by atoms with Crippen molar-refractivity contribution in [3.8, 4) is 22.8 Å². The third kappa shape index (κ3) is 5.23. The standard InChI is InChI=1S/C29H29FN8/c1-5-6-23(20-13-21(30)15-22(14-20)32-11-12-38(3)4)27-18(2)34-29(35-27)28-24-16-25(19-7-9-31-10-8-19)33-17-26(24)36-37-28/h5-10,13-17,32H,1,11-12H2,2-4H3,(H,34,35)(H,36,37)/b23-6-. The second-order valence-corrected chi connectivity index (χ2v) is 9.26. The minimum Gasteiger partial charge on any atom is -0.384 e. The van der Waals surface area contributed by atoms with Gasteiger partial charge in [0.2, 0.25) is 0 Å². The number of imidazole rings is 1. The second kappa shape index (κ2) is 10.8. The van der Waals surface area contributed by atoms with Gasteiger partial charge in [-0.15, -0.1) is 0 Å². The second-order valence-electron chi connectivity index (χ2n) is 9.26. The summed E-state index contributed by atoms with van der Waals surface area (Å²) in [5, 5.41) is 11.8. The summed E-state index contributed by atoms with van der Waals surface area (Å²) in [6.07, 6.45) is 8.77. The Hall–Kier alpha value is -4.63. The lowest BCUT2D eigenvalue weighted by Gasteiger charge is -2.13. The highest BCUT2D eigenvalue weighted by Crippen LogP contribution is 2.32. The fourth-order valence-electron chi connectivity index (χ4n) is 4.31. The maximum atomic E-state index is 14.7. The molecule has 0 saturated carbocycles. The number of likely N-dealkylation sites (N-methyl/N-ethyl adjacent to an activating group) is 1. The third-order valence-electron chi connectivity index (χ3n) is 6.17. The predicted molar refractivity (Wildman–Crippen MR) is 150 cm³/mol. The van der Waals surface area contributed by atoms with Crippen LogP contribution in [0.2, 0.25) is 0 Å². The van der Waals surface area contributed by atoms with Gasteiger partial charge in [-0.25, -0.2) is 9.37 Å². The van der Waals surface area contributed by atoms with Gasteiger partial charge in [0.1, 0.15) is 11.5 Å². The minimum absolute atomic E-state index is 0.326. The lowest BCUT2D eigenvalue weighted by Crippen LogP contribution is -2.20. The summed E-state index contributed by atoms with van der Waals surface area (Å²) < 4.78 is 14.7. The molecule has 5 aromatic rings. The van der Waals surface area contributed by atoms with Crippen LogP contribution in [0.25, 0.3) is 39.3 Å². The molecule has 0 aliphatic rings. The first-order valence-electron chi connectivity index (χ1n) is 12.3. The zero-order valence-corrected chi connectivity index (χ0v) is 21.6. The number of fused-ring (bicyclic) bond motifs is 1. The van der Waals surface area contributed by atoms with Crippen LogP contribution in [0.15, 0.2) is 73.7 Å². The molecule has 0 aliphatic heterocycles. The normalized spacial score (nSPS) is 11.9. The SMILES string of the molecule is C=C/C=C(/c1cc(F)cc(NCCN(C)C)c1)c1nc(-c2n[nH]c3cnc(-c4ccncc4)cc23)[nH]c1C. The summed E-state index contributed by atoms with van der Waals surface area (Å²) in [4.78, 5) is 19.0. The number of H-pyrrole nitrogens is 2. The highest BCUT2D eigenvalue weighted by Gasteiger charge is 2.19. The van der Waals surface area contributed by atoms with Crippen LogP contribution < -0.4 is 5.32 Å². The van der Waals surface area contributed by atoms with E-state index in [4.69, 9.17) is 4.98 Å². The van der Waals surface area contributed by atoms with E-state index in [-0.39, 0.29) is 5.82 Å². The Morgan fingerprint density at radius 2 is 1.97 bits per heavy atom. The molecule has 3 N–H and O–H groups in total. The van der Waals surface area contributed by atoms with Gasteiger partial charge < -0.3 is 15.2 Å². The van der Waals surface area contributed by atoms with Crippen molar-refractivity contribution in [1.82, 2.24) is 35.0 Å². The molecule has 0 amide bonds. The van der Waals surface area contributed by atoms with E-state index in [0.717, 1.165) is 40.0 Å². The van der Waals surface area contributed by atoms with Gasteiger partial charge in [-0.2, -0.15) is 5.10 Å². The van der Waals surface area contributed by atoms with Crippen molar-refractivity contribution in [3.05, 3.63) is 96.5 Å². The molecule has 9 heteroatoms. The van der Waals surface area contributed by atoms with Crippen molar-refractivity contribution < 1.29 is 4.39 Å². The number of hydrogen-bond acceptors (Lipinski definition) is 6. The molecule has 0 aliphatic carbocycles. The Labute approximate surface area is 220 Å². The van der Waals surface area contributed by atoms with Crippen LogP contribution in [-0.2, 0) is 0 Å². The number of aromatic amines is 2. The molecule has 0 fully saturated rings. The number of pyridine rings is 2. The molecule has 4 aromatic heterocycles. The highest BCUT2D eigenvalue weighted by atomic mass is 19.1.